The average molecular weight is 401 g/mol. The van der Waals surface area contributed by atoms with Gasteiger partial charge < -0.3 is 0 Å². The molecule has 1 aliphatic carbocycles. The predicted octanol–water partition coefficient (Wildman–Crippen LogP) is 7.79. The smallest absolute Gasteiger partial charge is 0.184 e. The van der Waals surface area contributed by atoms with Gasteiger partial charge in [-0.05, 0) is 69.4 Å². The molecule has 0 aromatic heterocycles. The second-order valence-electron chi connectivity index (χ2n) is 9.82. The Labute approximate surface area is 179 Å². The van der Waals surface area contributed by atoms with E-state index in [2.05, 4.69) is 40.7 Å². The maximum atomic E-state index is 12.1. The van der Waals surface area contributed by atoms with Crippen LogP contribution in [0.15, 0.2) is 34.9 Å². The summed E-state index contributed by atoms with van der Waals surface area (Å²) in [5.41, 5.74) is 2.56. The Kier molecular flexibility index (Phi) is 12.1. The van der Waals surface area contributed by atoms with Crippen molar-refractivity contribution in [3.05, 3.63) is 34.9 Å². The number of hydrogen-bond acceptors (Lipinski definition) is 2. The van der Waals surface area contributed by atoms with Gasteiger partial charge in [0.1, 0.15) is 0 Å². The van der Waals surface area contributed by atoms with Gasteiger partial charge in [-0.25, -0.2) is 0 Å². The van der Waals surface area contributed by atoms with Crippen LogP contribution in [-0.2, 0) is 9.59 Å². The summed E-state index contributed by atoms with van der Waals surface area (Å²) in [6, 6.07) is 0. The molecular weight excluding hydrogens is 356 g/mol. The molecule has 164 valence electrons. The van der Waals surface area contributed by atoms with E-state index >= 15 is 0 Å². The second-order valence-corrected chi connectivity index (χ2v) is 9.82. The number of allylic oxidation sites excluding steroid dienone is 6. The van der Waals surface area contributed by atoms with Gasteiger partial charge in [0.05, 0.1) is 0 Å². The molecule has 29 heavy (non-hydrogen) atoms. The van der Waals surface area contributed by atoms with E-state index in [1.807, 2.05) is 0 Å². The highest BCUT2D eigenvalue weighted by Crippen LogP contribution is 2.22. The fourth-order valence-electron chi connectivity index (χ4n) is 4.02. The normalized spacial score (nSPS) is 17.4. The van der Waals surface area contributed by atoms with Gasteiger partial charge in [-0.1, -0.05) is 77.9 Å². The molecule has 0 aromatic rings. The van der Waals surface area contributed by atoms with E-state index in [9.17, 15) is 9.59 Å². The first kappa shape index (κ1) is 25.6. The van der Waals surface area contributed by atoms with E-state index in [1.54, 1.807) is 6.92 Å². The topological polar surface area (TPSA) is 34.1 Å². The molecule has 2 nitrogen and oxygen atoms in total. The molecule has 1 rings (SSSR count). The van der Waals surface area contributed by atoms with Crippen LogP contribution in [0.25, 0.3) is 0 Å². The second kappa shape index (κ2) is 13.7. The van der Waals surface area contributed by atoms with Crippen molar-refractivity contribution in [3.63, 3.8) is 0 Å². The van der Waals surface area contributed by atoms with Gasteiger partial charge in [0.25, 0.3) is 0 Å². The first-order valence-corrected chi connectivity index (χ1v) is 11.8. The molecule has 0 spiro atoms. The molecule has 0 heterocycles. The molecule has 0 aromatic carbocycles. The fourth-order valence-corrected chi connectivity index (χ4v) is 4.02. The van der Waals surface area contributed by atoms with Crippen LogP contribution in [0.1, 0.15) is 106 Å². The Hall–Kier alpha value is -1.44. The summed E-state index contributed by atoms with van der Waals surface area (Å²) >= 11 is 0. The predicted molar refractivity (Wildman–Crippen MR) is 125 cm³/mol. The van der Waals surface area contributed by atoms with Crippen LogP contribution in [0.4, 0.5) is 0 Å². The van der Waals surface area contributed by atoms with Crippen LogP contribution in [0.3, 0.4) is 0 Å². The van der Waals surface area contributed by atoms with Crippen molar-refractivity contribution in [3.8, 4) is 0 Å². The lowest BCUT2D eigenvalue weighted by Gasteiger charge is -2.15. The third-order valence-corrected chi connectivity index (χ3v) is 6.14. The van der Waals surface area contributed by atoms with Gasteiger partial charge in [-0.2, -0.15) is 0 Å². The quantitative estimate of drug-likeness (QED) is 0.220. The minimum Gasteiger partial charge on any atom is -0.290 e. The van der Waals surface area contributed by atoms with Gasteiger partial charge in [-0.15, -0.1) is 0 Å². The van der Waals surface area contributed by atoms with Gasteiger partial charge in [0.2, 0.25) is 0 Å². The van der Waals surface area contributed by atoms with Crippen molar-refractivity contribution in [1.82, 2.24) is 0 Å². The highest BCUT2D eigenvalue weighted by Gasteiger charge is 2.18. The summed E-state index contributed by atoms with van der Waals surface area (Å²) in [5, 5.41) is 0. The van der Waals surface area contributed by atoms with Crippen LogP contribution in [0.5, 0.6) is 0 Å². The summed E-state index contributed by atoms with van der Waals surface area (Å²) in [6.45, 7) is 13.3. The minimum absolute atomic E-state index is 0.0319. The zero-order valence-electron chi connectivity index (χ0n) is 19.9. The number of hydrogen-bond donors (Lipinski definition) is 0. The van der Waals surface area contributed by atoms with Gasteiger partial charge in [0, 0.05) is 11.1 Å². The summed E-state index contributed by atoms with van der Waals surface area (Å²) < 4.78 is 0. The third-order valence-electron chi connectivity index (χ3n) is 6.14. The minimum atomic E-state index is -0.0539. The summed E-state index contributed by atoms with van der Waals surface area (Å²) in [4.78, 5) is 23.7. The molecule has 1 aliphatic rings. The third kappa shape index (κ3) is 11.4. The van der Waals surface area contributed by atoms with Gasteiger partial charge in [-0.3, -0.25) is 9.59 Å². The Bertz CT molecular complexity index is 618. The summed E-state index contributed by atoms with van der Waals surface area (Å²) in [7, 11) is 0. The van der Waals surface area contributed by atoms with E-state index in [0.717, 1.165) is 30.6 Å². The van der Waals surface area contributed by atoms with Crippen LogP contribution in [0.2, 0.25) is 0 Å². The maximum Gasteiger partial charge on any atom is 0.184 e. The largest absolute Gasteiger partial charge is 0.290 e. The van der Waals surface area contributed by atoms with Crippen LogP contribution in [0, 0.1) is 17.8 Å². The zero-order chi connectivity index (χ0) is 21.8. The van der Waals surface area contributed by atoms with Gasteiger partial charge in [0.15, 0.2) is 11.6 Å². The number of ketones is 2. The lowest BCUT2D eigenvalue weighted by molar-refractivity contribution is -0.115. The Morgan fingerprint density at radius 2 is 1.48 bits per heavy atom. The van der Waals surface area contributed by atoms with Crippen molar-refractivity contribution in [2.45, 2.75) is 106 Å². The molecular formula is C27H44O2. The highest BCUT2D eigenvalue weighted by atomic mass is 16.1. The number of rotatable bonds is 14. The summed E-state index contributed by atoms with van der Waals surface area (Å²) in [6.07, 6.45) is 17.3. The van der Waals surface area contributed by atoms with E-state index in [1.165, 1.54) is 62.7 Å². The molecule has 2 atom stereocenters. The Morgan fingerprint density at radius 1 is 0.897 bits per heavy atom. The molecule has 0 amide bonds. The first-order valence-electron chi connectivity index (χ1n) is 11.8. The molecule has 0 N–H and O–H groups in total. The van der Waals surface area contributed by atoms with Crippen LogP contribution < -0.4 is 0 Å². The van der Waals surface area contributed by atoms with E-state index in [0.29, 0.717) is 17.6 Å². The number of carbonyl (C=O) groups is 2. The van der Waals surface area contributed by atoms with Crippen molar-refractivity contribution in [2.75, 3.05) is 0 Å². The molecule has 2 unspecified atom stereocenters. The standard InChI is InChI=1S/C27H44O2/c1-20(2)10-7-11-21(3)12-8-13-22(4)14-9-15-23(5)16-17-25-19-26(28)18-24(6)27(25)29/h15,18-22H,7-14,16-17H2,1-6H3/b23-15+. The number of Topliss-reactive ketones (excluding diaryl/α,β-unsaturated/α-hetero) is 1. The Morgan fingerprint density at radius 3 is 2.10 bits per heavy atom. The zero-order valence-corrected chi connectivity index (χ0v) is 19.9. The van der Waals surface area contributed by atoms with Crippen molar-refractivity contribution in [2.24, 2.45) is 17.8 Å². The summed E-state index contributed by atoms with van der Waals surface area (Å²) in [5.74, 6) is 2.45. The molecule has 0 saturated carbocycles. The van der Waals surface area contributed by atoms with Gasteiger partial charge >= 0.3 is 0 Å². The molecule has 0 radical (unpaired) electrons. The lowest BCUT2D eigenvalue weighted by atomic mass is 9.91. The van der Waals surface area contributed by atoms with E-state index < -0.39 is 0 Å². The average Bonchev–Trinajstić information content (AvgIpc) is 2.63. The molecule has 0 aliphatic heterocycles. The SMILES string of the molecule is CC1=CC(=O)C=C(CC/C(C)=C/CCC(C)CCCC(C)CCCC(C)C)C1=O. The monoisotopic (exact) mass is 400 g/mol. The maximum absolute atomic E-state index is 12.1. The lowest BCUT2D eigenvalue weighted by Crippen LogP contribution is -2.12. The van der Waals surface area contributed by atoms with Crippen LogP contribution in [-0.4, -0.2) is 11.6 Å². The Balaban J connectivity index is 2.19. The molecule has 0 fully saturated rings. The highest BCUT2D eigenvalue weighted by molar-refractivity contribution is 6.19. The van der Waals surface area contributed by atoms with Crippen molar-refractivity contribution < 1.29 is 9.59 Å². The number of carbonyl (C=O) groups excluding carboxylic acids is 2. The van der Waals surface area contributed by atoms with Crippen LogP contribution >= 0.6 is 0 Å². The fraction of sp³-hybridized carbons (Fsp3) is 0.704. The molecule has 0 bridgehead atoms. The van der Waals surface area contributed by atoms with E-state index in [4.69, 9.17) is 0 Å². The first-order chi connectivity index (χ1) is 13.7. The van der Waals surface area contributed by atoms with Crippen molar-refractivity contribution >= 4 is 11.6 Å². The van der Waals surface area contributed by atoms with Crippen molar-refractivity contribution in [1.29, 1.82) is 0 Å². The molecule has 0 saturated heterocycles. The van der Waals surface area contributed by atoms with E-state index in [-0.39, 0.29) is 11.6 Å². The molecule has 2 heteroatoms.